The predicted octanol–water partition coefficient (Wildman–Crippen LogP) is 2.44. The Labute approximate surface area is 103 Å². The normalized spacial score (nSPS) is 12.8. The van der Waals surface area contributed by atoms with Crippen LogP contribution in [-0.4, -0.2) is 13.7 Å². The average Bonchev–Trinajstić information content (AvgIpc) is 2.18. The maximum atomic E-state index is 12.6. The van der Waals surface area contributed by atoms with Gasteiger partial charge in [0.05, 0.1) is 10.8 Å². The fourth-order valence-electron chi connectivity index (χ4n) is 1.15. The summed E-state index contributed by atoms with van der Waals surface area (Å²) < 4.78 is 62.8. The Bertz CT molecular complexity index is 539. The molecule has 3 N–H and O–H groups in total. The molecule has 102 valence electrons. The zero-order valence-corrected chi connectivity index (χ0v) is 10.6. The first-order valence-electron chi connectivity index (χ1n) is 5.02. The van der Waals surface area contributed by atoms with E-state index in [4.69, 9.17) is 5.73 Å². The number of halogens is 3. The lowest BCUT2D eigenvalue weighted by Crippen LogP contribution is -2.22. The Balaban J connectivity index is 3.15. The summed E-state index contributed by atoms with van der Waals surface area (Å²) >= 11 is 0. The molecule has 0 bridgehead atoms. The number of sulfonamides is 1. The van der Waals surface area contributed by atoms with Crippen LogP contribution in [0.3, 0.4) is 0 Å². The van der Waals surface area contributed by atoms with Crippen molar-refractivity contribution in [2.75, 3.05) is 10.5 Å². The molecule has 8 heteroatoms. The Hall–Kier alpha value is -1.44. The SMILES string of the molecule is CC(C)S(=O)(=O)Nc1ccc(N)c(C(F)(F)F)c1. The first-order valence-corrected chi connectivity index (χ1v) is 6.57. The molecule has 0 aromatic heterocycles. The van der Waals surface area contributed by atoms with Crippen molar-refractivity contribution in [1.29, 1.82) is 0 Å². The first-order chi connectivity index (χ1) is 8.04. The Morgan fingerprint density at radius 2 is 1.83 bits per heavy atom. The van der Waals surface area contributed by atoms with Gasteiger partial charge in [0, 0.05) is 11.4 Å². The number of rotatable bonds is 3. The van der Waals surface area contributed by atoms with E-state index in [0.717, 1.165) is 6.07 Å². The van der Waals surface area contributed by atoms with Crippen molar-refractivity contribution < 1.29 is 21.6 Å². The van der Waals surface area contributed by atoms with Crippen LogP contribution >= 0.6 is 0 Å². The maximum absolute atomic E-state index is 12.6. The number of benzene rings is 1. The fraction of sp³-hybridized carbons (Fsp3) is 0.400. The Kier molecular flexibility index (Phi) is 3.80. The smallest absolute Gasteiger partial charge is 0.398 e. The number of nitrogens with one attached hydrogen (secondary N) is 1. The van der Waals surface area contributed by atoms with Gasteiger partial charge in [-0.15, -0.1) is 0 Å². The lowest BCUT2D eigenvalue weighted by atomic mass is 10.1. The number of nitrogen functional groups attached to an aromatic ring is 1. The van der Waals surface area contributed by atoms with E-state index in [-0.39, 0.29) is 5.69 Å². The highest BCUT2D eigenvalue weighted by Crippen LogP contribution is 2.35. The number of alkyl halides is 3. The van der Waals surface area contributed by atoms with Crippen LogP contribution in [0.5, 0.6) is 0 Å². The molecule has 0 unspecified atom stereocenters. The summed E-state index contributed by atoms with van der Waals surface area (Å²) in [4.78, 5) is 0. The minimum atomic E-state index is -4.62. The van der Waals surface area contributed by atoms with E-state index in [0.29, 0.717) is 6.07 Å². The lowest BCUT2D eigenvalue weighted by Gasteiger charge is -2.14. The third-order valence-electron chi connectivity index (χ3n) is 2.24. The standard InChI is InChI=1S/C10H13F3N2O2S/c1-6(2)18(16,17)15-7-3-4-9(14)8(5-7)10(11,12)13/h3-6,15H,14H2,1-2H3. The van der Waals surface area contributed by atoms with Crippen LogP contribution < -0.4 is 10.5 Å². The highest BCUT2D eigenvalue weighted by Gasteiger charge is 2.33. The zero-order valence-electron chi connectivity index (χ0n) is 9.75. The van der Waals surface area contributed by atoms with Crippen LogP contribution in [0, 0.1) is 0 Å². The van der Waals surface area contributed by atoms with Gasteiger partial charge in [-0.05, 0) is 32.0 Å². The van der Waals surface area contributed by atoms with Gasteiger partial charge in [-0.3, -0.25) is 4.72 Å². The van der Waals surface area contributed by atoms with Crippen LogP contribution in [0.25, 0.3) is 0 Å². The molecule has 0 radical (unpaired) electrons. The van der Waals surface area contributed by atoms with E-state index in [9.17, 15) is 21.6 Å². The van der Waals surface area contributed by atoms with Crippen molar-refractivity contribution >= 4 is 21.4 Å². The van der Waals surface area contributed by atoms with E-state index in [1.807, 2.05) is 0 Å². The molecular weight excluding hydrogens is 269 g/mol. The molecule has 0 amide bonds. The number of anilines is 2. The fourth-order valence-corrected chi connectivity index (χ4v) is 1.84. The predicted molar refractivity (Wildman–Crippen MR) is 63.5 cm³/mol. The second-order valence-corrected chi connectivity index (χ2v) is 6.23. The zero-order chi connectivity index (χ0) is 14.1. The van der Waals surface area contributed by atoms with Crippen molar-refractivity contribution in [3.8, 4) is 0 Å². The quantitative estimate of drug-likeness (QED) is 0.836. The summed E-state index contributed by atoms with van der Waals surface area (Å²) in [6.07, 6.45) is -4.62. The van der Waals surface area contributed by atoms with Crippen LogP contribution in [-0.2, 0) is 16.2 Å². The minimum absolute atomic E-state index is 0.162. The molecule has 0 saturated carbocycles. The van der Waals surface area contributed by atoms with Crippen molar-refractivity contribution in [1.82, 2.24) is 0 Å². The highest BCUT2D eigenvalue weighted by molar-refractivity contribution is 7.93. The molecule has 0 aliphatic rings. The second kappa shape index (κ2) is 4.68. The molecule has 0 saturated heterocycles. The van der Waals surface area contributed by atoms with Gasteiger partial charge in [-0.25, -0.2) is 8.42 Å². The van der Waals surface area contributed by atoms with Gasteiger partial charge in [0.25, 0.3) is 0 Å². The summed E-state index contributed by atoms with van der Waals surface area (Å²) in [6, 6.07) is 2.88. The second-order valence-electron chi connectivity index (χ2n) is 4.00. The molecule has 0 fully saturated rings. The molecule has 18 heavy (non-hydrogen) atoms. The number of hydrogen-bond donors (Lipinski definition) is 2. The van der Waals surface area contributed by atoms with Crippen molar-refractivity contribution in [3.63, 3.8) is 0 Å². The van der Waals surface area contributed by atoms with E-state index >= 15 is 0 Å². The Morgan fingerprint density at radius 3 is 2.28 bits per heavy atom. The van der Waals surface area contributed by atoms with E-state index < -0.39 is 32.7 Å². The average molecular weight is 282 g/mol. The largest absolute Gasteiger partial charge is 0.418 e. The summed E-state index contributed by atoms with van der Waals surface area (Å²) in [5.41, 5.74) is 3.53. The molecule has 4 nitrogen and oxygen atoms in total. The van der Waals surface area contributed by atoms with Gasteiger partial charge >= 0.3 is 6.18 Å². The number of nitrogens with two attached hydrogens (primary N) is 1. The molecular formula is C10H13F3N2O2S. The van der Waals surface area contributed by atoms with Crippen LogP contribution in [0.2, 0.25) is 0 Å². The molecule has 1 aromatic rings. The molecule has 0 aliphatic heterocycles. The van der Waals surface area contributed by atoms with Gasteiger partial charge in [0.15, 0.2) is 0 Å². The Morgan fingerprint density at radius 1 is 1.28 bits per heavy atom. The van der Waals surface area contributed by atoms with Gasteiger partial charge in [0.2, 0.25) is 10.0 Å². The first kappa shape index (κ1) is 14.6. The maximum Gasteiger partial charge on any atom is 0.418 e. The van der Waals surface area contributed by atoms with E-state index in [2.05, 4.69) is 4.72 Å². The van der Waals surface area contributed by atoms with Crippen molar-refractivity contribution in [3.05, 3.63) is 23.8 Å². The summed E-state index contributed by atoms with van der Waals surface area (Å²) in [5, 5.41) is -0.746. The molecule has 1 rings (SSSR count). The van der Waals surface area contributed by atoms with Gasteiger partial charge in [-0.1, -0.05) is 0 Å². The molecule has 0 atom stereocenters. The van der Waals surface area contributed by atoms with Crippen LogP contribution in [0.15, 0.2) is 18.2 Å². The summed E-state index contributed by atoms with van der Waals surface area (Å²) in [6.45, 7) is 2.84. The van der Waals surface area contributed by atoms with Crippen LogP contribution in [0.4, 0.5) is 24.5 Å². The third-order valence-corrected chi connectivity index (χ3v) is 4.00. The van der Waals surface area contributed by atoms with E-state index in [1.54, 1.807) is 0 Å². The summed E-state index contributed by atoms with van der Waals surface area (Å²) in [7, 11) is -3.68. The molecule has 0 aliphatic carbocycles. The van der Waals surface area contributed by atoms with Crippen molar-refractivity contribution in [2.45, 2.75) is 25.3 Å². The lowest BCUT2D eigenvalue weighted by molar-refractivity contribution is -0.136. The molecule has 1 aromatic carbocycles. The molecule has 0 spiro atoms. The minimum Gasteiger partial charge on any atom is -0.398 e. The third kappa shape index (κ3) is 3.28. The summed E-state index contributed by atoms with van der Waals surface area (Å²) in [5.74, 6) is 0. The monoisotopic (exact) mass is 282 g/mol. The topological polar surface area (TPSA) is 72.2 Å². The van der Waals surface area contributed by atoms with E-state index in [1.165, 1.54) is 19.9 Å². The van der Waals surface area contributed by atoms with Gasteiger partial charge in [0.1, 0.15) is 0 Å². The van der Waals surface area contributed by atoms with Crippen LogP contribution in [0.1, 0.15) is 19.4 Å². The number of hydrogen-bond acceptors (Lipinski definition) is 3. The van der Waals surface area contributed by atoms with Gasteiger partial charge < -0.3 is 5.73 Å². The van der Waals surface area contributed by atoms with Crippen molar-refractivity contribution in [2.24, 2.45) is 0 Å². The molecule has 0 heterocycles. The van der Waals surface area contributed by atoms with Gasteiger partial charge in [-0.2, -0.15) is 13.2 Å². The highest BCUT2D eigenvalue weighted by atomic mass is 32.2.